The number of ether oxygens (including phenoxy) is 1. The number of aliphatic carboxylic acids is 1. The van der Waals surface area contributed by atoms with E-state index in [0.717, 1.165) is 25.9 Å². The zero-order valence-electron chi connectivity index (χ0n) is 27.7. The SMILES string of the molecule is Cc1c(-c2nc3cc(CN4CCC[C@H]4C(=O)O)c(OC(F)F)cc3o2)cccc1-c1cccc(-c2cnc(CN3CCCC3)c(F)c2)c1C(F)F. The smallest absolute Gasteiger partial charge is 0.387 e. The Morgan fingerprint density at radius 1 is 0.961 bits per heavy atom. The molecule has 13 heteroatoms. The summed E-state index contributed by atoms with van der Waals surface area (Å²) in [6.45, 7) is 1.25. The zero-order chi connectivity index (χ0) is 35.8. The van der Waals surface area contributed by atoms with Crippen molar-refractivity contribution in [3.05, 3.63) is 89.0 Å². The Balaban J connectivity index is 1.25. The first kappa shape index (κ1) is 34.6. The quantitative estimate of drug-likeness (QED) is 0.136. The van der Waals surface area contributed by atoms with Crippen molar-refractivity contribution in [2.24, 2.45) is 0 Å². The molecule has 0 radical (unpaired) electrons. The first-order chi connectivity index (χ1) is 24.6. The number of fused-ring (bicyclic) bond motifs is 1. The number of benzene rings is 3. The van der Waals surface area contributed by atoms with E-state index in [-0.39, 0.29) is 51.7 Å². The molecule has 1 N–H and O–H groups in total. The molecular weight excluding hydrogens is 671 g/mol. The van der Waals surface area contributed by atoms with E-state index in [1.165, 1.54) is 24.4 Å². The van der Waals surface area contributed by atoms with Crippen LogP contribution in [0.1, 0.15) is 54.5 Å². The lowest BCUT2D eigenvalue weighted by molar-refractivity contribution is -0.142. The number of carbonyl (C=O) groups is 1. The van der Waals surface area contributed by atoms with E-state index >= 15 is 4.39 Å². The highest BCUT2D eigenvalue weighted by Crippen LogP contribution is 2.42. The Morgan fingerprint density at radius 2 is 1.69 bits per heavy atom. The molecule has 0 aliphatic carbocycles. The first-order valence-electron chi connectivity index (χ1n) is 16.8. The minimum atomic E-state index is -3.13. The monoisotopic (exact) mass is 706 g/mol. The fraction of sp³-hybridized carbons (Fsp3) is 0.342. The minimum absolute atomic E-state index is 0.0546. The van der Waals surface area contributed by atoms with Crippen LogP contribution in [0.25, 0.3) is 44.8 Å². The van der Waals surface area contributed by atoms with Gasteiger partial charge in [-0.15, -0.1) is 0 Å². The van der Waals surface area contributed by atoms with Gasteiger partial charge in [0.2, 0.25) is 5.89 Å². The van der Waals surface area contributed by atoms with E-state index in [4.69, 9.17) is 9.15 Å². The van der Waals surface area contributed by atoms with Crippen LogP contribution in [0.4, 0.5) is 22.0 Å². The summed E-state index contributed by atoms with van der Waals surface area (Å²) >= 11 is 0. The summed E-state index contributed by atoms with van der Waals surface area (Å²) < 4.78 is 82.8. The summed E-state index contributed by atoms with van der Waals surface area (Å²) in [6, 6.07) is 13.2. The molecular formula is C38H35F5N4O4. The van der Waals surface area contributed by atoms with Gasteiger partial charge in [0.25, 0.3) is 6.43 Å². The number of nitrogens with zero attached hydrogens (tertiary/aromatic N) is 4. The van der Waals surface area contributed by atoms with E-state index in [1.54, 1.807) is 48.2 Å². The Bertz CT molecular complexity index is 2080. The van der Waals surface area contributed by atoms with Crippen molar-refractivity contribution < 1.29 is 41.0 Å². The van der Waals surface area contributed by atoms with Crippen molar-refractivity contribution in [2.75, 3.05) is 19.6 Å². The van der Waals surface area contributed by atoms with Gasteiger partial charge in [0.15, 0.2) is 5.58 Å². The maximum atomic E-state index is 15.2. The van der Waals surface area contributed by atoms with Gasteiger partial charge < -0.3 is 14.3 Å². The number of aromatic nitrogens is 2. The highest BCUT2D eigenvalue weighted by molar-refractivity contribution is 5.85. The lowest BCUT2D eigenvalue weighted by Gasteiger charge is -2.22. The second-order valence-corrected chi connectivity index (χ2v) is 13.0. The lowest BCUT2D eigenvalue weighted by atomic mass is 9.89. The fourth-order valence-corrected chi connectivity index (χ4v) is 7.29. The van der Waals surface area contributed by atoms with Crippen LogP contribution in [-0.4, -0.2) is 63.1 Å². The fourth-order valence-electron chi connectivity index (χ4n) is 7.29. The minimum Gasteiger partial charge on any atom is -0.480 e. The van der Waals surface area contributed by atoms with Crippen LogP contribution in [0, 0.1) is 12.7 Å². The van der Waals surface area contributed by atoms with Crippen molar-refractivity contribution in [3.63, 3.8) is 0 Å². The van der Waals surface area contributed by atoms with E-state index in [1.807, 2.05) is 0 Å². The molecule has 2 aliphatic rings. The molecule has 7 rings (SSSR count). The van der Waals surface area contributed by atoms with Gasteiger partial charge in [-0.05, 0) is 92.7 Å². The number of alkyl halides is 4. The largest absolute Gasteiger partial charge is 0.480 e. The van der Waals surface area contributed by atoms with E-state index < -0.39 is 30.9 Å². The number of hydrogen-bond donors (Lipinski definition) is 1. The van der Waals surface area contributed by atoms with E-state index in [2.05, 4.69) is 14.9 Å². The second kappa shape index (κ2) is 14.4. The normalized spacial score (nSPS) is 17.0. The molecule has 4 heterocycles. The highest BCUT2D eigenvalue weighted by atomic mass is 19.3. The number of hydrogen-bond acceptors (Lipinski definition) is 7. The van der Waals surface area contributed by atoms with Crippen LogP contribution >= 0.6 is 0 Å². The topological polar surface area (TPSA) is 91.9 Å². The Labute approximate surface area is 290 Å². The van der Waals surface area contributed by atoms with Gasteiger partial charge in [0.05, 0.1) is 5.69 Å². The van der Waals surface area contributed by atoms with Gasteiger partial charge in [0, 0.05) is 47.6 Å². The predicted molar refractivity (Wildman–Crippen MR) is 180 cm³/mol. The van der Waals surface area contributed by atoms with Crippen LogP contribution in [0.3, 0.4) is 0 Å². The summed E-state index contributed by atoms with van der Waals surface area (Å²) in [6.07, 6.45) is 1.73. The predicted octanol–water partition coefficient (Wildman–Crippen LogP) is 8.86. The van der Waals surface area contributed by atoms with Crippen molar-refractivity contribution in [1.82, 2.24) is 19.8 Å². The van der Waals surface area contributed by atoms with Crippen LogP contribution in [0.15, 0.2) is 65.2 Å². The molecule has 3 aromatic carbocycles. The molecule has 0 saturated carbocycles. The Morgan fingerprint density at radius 3 is 2.39 bits per heavy atom. The number of pyridine rings is 1. The average Bonchev–Trinajstić information content (AvgIpc) is 3.87. The zero-order valence-corrected chi connectivity index (χ0v) is 27.7. The van der Waals surface area contributed by atoms with Gasteiger partial charge in [-0.2, -0.15) is 8.78 Å². The van der Waals surface area contributed by atoms with Crippen LogP contribution < -0.4 is 4.74 Å². The van der Waals surface area contributed by atoms with Crippen LogP contribution in [-0.2, 0) is 17.9 Å². The highest BCUT2D eigenvalue weighted by Gasteiger charge is 2.32. The van der Waals surface area contributed by atoms with Crippen molar-refractivity contribution in [3.8, 4) is 39.5 Å². The van der Waals surface area contributed by atoms with Gasteiger partial charge in [-0.25, -0.2) is 18.2 Å². The van der Waals surface area contributed by atoms with Crippen molar-refractivity contribution in [2.45, 2.75) is 64.8 Å². The van der Waals surface area contributed by atoms with Crippen molar-refractivity contribution >= 4 is 17.1 Å². The van der Waals surface area contributed by atoms with Gasteiger partial charge in [0.1, 0.15) is 23.1 Å². The van der Waals surface area contributed by atoms with Gasteiger partial charge in [-0.1, -0.05) is 30.3 Å². The maximum absolute atomic E-state index is 15.2. The Kier molecular flexibility index (Phi) is 9.75. The molecule has 0 spiro atoms. The summed E-state index contributed by atoms with van der Waals surface area (Å²) in [5, 5.41) is 9.61. The van der Waals surface area contributed by atoms with E-state index in [9.17, 15) is 27.5 Å². The number of rotatable bonds is 11. The lowest BCUT2D eigenvalue weighted by Crippen LogP contribution is -2.35. The van der Waals surface area contributed by atoms with Crippen LogP contribution in [0.2, 0.25) is 0 Å². The molecule has 8 nitrogen and oxygen atoms in total. The number of carboxylic acids is 1. The third kappa shape index (κ3) is 7.05. The summed E-state index contributed by atoms with van der Waals surface area (Å²) in [4.78, 5) is 24.5. The number of likely N-dealkylation sites (tertiary alicyclic amines) is 2. The molecule has 0 amide bonds. The third-order valence-electron chi connectivity index (χ3n) is 9.79. The number of carboxylic acid groups (broad SMARTS) is 1. The molecule has 2 fully saturated rings. The Hall–Kier alpha value is -4.88. The molecule has 5 aromatic rings. The molecule has 51 heavy (non-hydrogen) atoms. The third-order valence-corrected chi connectivity index (χ3v) is 9.79. The number of halogens is 5. The first-order valence-corrected chi connectivity index (χ1v) is 16.8. The van der Waals surface area contributed by atoms with E-state index in [0.29, 0.717) is 53.7 Å². The summed E-state index contributed by atoms with van der Waals surface area (Å²) in [5.74, 6) is -1.57. The average molecular weight is 707 g/mol. The standard InChI is InChI=1S/C38H35F5N4O4/c1-21-24(27-10-5-9-26(34(27)35(40)41)22-15-28(39)30(44-18-22)20-46-12-2-3-13-46)7-4-8-25(21)36-45-29-16-23(19-47-14-6-11-31(47)37(48)49)32(51-38(42)43)17-33(29)50-36/h4-5,7-10,15-18,31,35,38H,2-3,6,11-14,19-20H2,1H3,(H,48,49)/t31-/m0/s1. The molecule has 1 atom stereocenters. The van der Waals surface area contributed by atoms with Crippen molar-refractivity contribution in [1.29, 1.82) is 0 Å². The number of oxazole rings is 1. The molecule has 2 saturated heterocycles. The maximum Gasteiger partial charge on any atom is 0.387 e. The van der Waals surface area contributed by atoms with Gasteiger partial charge >= 0.3 is 12.6 Å². The van der Waals surface area contributed by atoms with Gasteiger partial charge in [-0.3, -0.25) is 19.6 Å². The molecule has 2 aromatic heterocycles. The molecule has 0 unspecified atom stereocenters. The second-order valence-electron chi connectivity index (χ2n) is 13.0. The summed E-state index contributed by atoms with van der Waals surface area (Å²) in [7, 11) is 0. The molecule has 266 valence electrons. The summed E-state index contributed by atoms with van der Waals surface area (Å²) in [5.41, 5.74) is 2.99. The van der Waals surface area contributed by atoms with Crippen LogP contribution in [0.5, 0.6) is 5.75 Å². The molecule has 2 aliphatic heterocycles. The molecule has 0 bridgehead atoms.